The summed E-state index contributed by atoms with van der Waals surface area (Å²) < 4.78 is 40.0. The van der Waals surface area contributed by atoms with Gasteiger partial charge in [0.25, 0.3) is 0 Å². The predicted octanol–water partition coefficient (Wildman–Crippen LogP) is 1.27. The topological polar surface area (TPSA) is 104 Å². The van der Waals surface area contributed by atoms with Crippen LogP contribution in [0.1, 0.15) is 28.4 Å². The number of rotatable bonds is 6. The van der Waals surface area contributed by atoms with Gasteiger partial charge in [0, 0.05) is 5.56 Å². The minimum absolute atomic E-state index is 0.225. The van der Waals surface area contributed by atoms with Gasteiger partial charge in [0.05, 0.1) is 12.5 Å². The maximum Gasteiger partial charge on any atom is 0.573 e. The number of alkyl halides is 3. The molecule has 3 N–H and O–H groups in total. The fourth-order valence-electron chi connectivity index (χ4n) is 1.59. The Labute approximate surface area is 116 Å². The Hall–Kier alpha value is -2.13. The number of aldehydes is 1. The number of carboxylic acid groups (broad SMARTS) is 1. The fraction of sp³-hybridized carbons (Fsp3) is 0.333. The van der Waals surface area contributed by atoms with Gasteiger partial charge in [-0.3, -0.25) is 9.59 Å². The molecule has 1 aromatic rings. The standard InChI is InChI=1S/C12H11F3O6/c13-12(14,15)21-8-2-6(5-16)1-7(3-8)11(20)9(17)4-10(18)19/h1-3,5,9,11,17,20H,4H2,(H,18,19). The number of aliphatic carboxylic acids is 1. The molecule has 0 saturated carbocycles. The molecule has 0 aromatic heterocycles. The van der Waals surface area contributed by atoms with Crippen molar-refractivity contribution in [2.24, 2.45) is 0 Å². The Bertz CT molecular complexity index is 528. The number of benzene rings is 1. The third-order valence-electron chi connectivity index (χ3n) is 2.41. The number of carbonyl (C=O) groups excluding carboxylic acids is 1. The van der Waals surface area contributed by atoms with Gasteiger partial charge in [-0.15, -0.1) is 13.2 Å². The molecule has 1 aromatic carbocycles. The van der Waals surface area contributed by atoms with Crippen LogP contribution in [0.2, 0.25) is 0 Å². The molecule has 1 rings (SSSR count). The van der Waals surface area contributed by atoms with Crippen LogP contribution in [-0.2, 0) is 4.79 Å². The van der Waals surface area contributed by atoms with Crippen molar-refractivity contribution >= 4 is 12.3 Å². The highest BCUT2D eigenvalue weighted by atomic mass is 19.4. The lowest BCUT2D eigenvalue weighted by molar-refractivity contribution is -0.274. The van der Waals surface area contributed by atoms with E-state index < -0.39 is 36.7 Å². The highest BCUT2D eigenvalue weighted by Gasteiger charge is 2.32. The SMILES string of the molecule is O=Cc1cc(OC(F)(F)F)cc(C(O)C(O)CC(=O)O)c1. The average molecular weight is 308 g/mol. The Morgan fingerprint density at radius 1 is 1.29 bits per heavy atom. The molecule has 0 saturated heterocycles. The molecule has 0 heterocycles. The number of aliphatic hydroxyl groups is 2. The molecule has 0 fully saturated rings. The summed E-state index contributed by atoms with van der Waals surface area (Å²) in [6, 6.07) is 2.57. The maximum atomic E-state index is 12.1. The van der Waals surface area contributed by atoms with Crippen LogP contribution in [0.25, 0.3) is 0 Å². The zero-order valence-electron chi connectivity index (χ0n) is 10.4. The van der Waals surface area contributed by atoms with E-state index in [0.29, 0.717) is 0 Å². The van der Waals surface area contributed by atoms with Gasteiger partial charge in [0.2, 0.25) is 0 Å². The molecule has 0 aliphatic heterocycles. The summed E-state index contributed by atoms with van der Waals surface area (Å²) in [5, 5.41) is 27.6. The molecular formula is C12H11F3O6. The molecule has 0 aliphatic rings. The minimum Gasteiger partial charge on any atom is -0.481 e. The van der Waals surface area contributed by atoms with Gasteiger partial charge in [-0.2, -0.15) is 0 Å². The van der Waals surface area contributed by atoms with Crippen molar-refractivity contribution < 1.29 is 42.8 Å². The zero-order chi connectivity index (χ0) is 16.2. The van der Waals surface area contributed by atoms with Crippen LogP contribution in [0.15, 0.2) is 18.2 Å². The number of ether oxygens (including phenoxy) is 1. The van der Waals surface area contributed by atoms with Crippen molar-refractivity contribution in [3.63, 3.8) is 0 Å². The molecule has 116 valence electrons. The number of hydrogen-bond donors (Lipinski definition) is 3. The van der Waals surface area contributed by atoms with E-state index in [1.54, 1.807) is 0 Å². The summed E-state index contributed by atoms with van der Waals surface area (Å²) in [7, 11) is 0. The van der Waals surface area contributed by atoms with Gasteiger partial charge >= 0.3 is 12.3 Å². The first-order valence-electron chi connectivity index (χ1n) is 5.56. The van der Waals surface area contributed by atoms with E-state index in [4.69, 9.17) is 5.11 Å². The molecule has 0 spiro atoms. The predicted molar refractivity (Wildman–Crippen MR) is 61.7 cm³/mol. The van der Waals surface area contributed by atoms with Gasteiger partial charge in [0.1, 0.15) is 18.1 Å². The summed E-state index contributed by atoms with van der Waals surface area (Å²) in [5.41, 5.74) is -0.499. The lowest BCUT2D eigenvalue weighted by Gasteiger charge is -2.18. The van der Waals surface area contributed by atoms with Gasteiger partial charge in [-0.25, -0.2) is 0 Å². The summed E-state index contributed by atoms with van der Waals surface area (Å²) in [6.45, 7) is 0. The van der Waals surface area contributed by atoms with Crippen molar-refractivity contribution in [2.45, 2.75) is 25.0 Å². The molecule has 2 unspecified atom stereocenters. The van der Waals surface area contributed by atoms with Crippen LogP contribution in [0.5, 0.6) is 5.75 Å². The van der Waals surface area contributed by atoms with Crippen LogP contribution in [0, 0.1) is 0 Å². The van der Waals surface area contributed by atoms with Gasteiger partial charge in [-0.05, 0) is 23.8 Å². The van der Waals surface area contributed by atoms with E-state index in [1.807, 2.05) is 0 Å². The molecule has 9 heteroatoms. The zero-order valence-corrected chi connectivity index (χ0v) is 10.4. The van der Waals surface area contributed by atoms with Crippen LogP contribution in [0.3, 0.4) is 0 Å². The second kappa shape index (κ2) is 6.55. The van der Waals surface area contributed by atoms with Crippen molar-refractivity contribution in [1.29, 1.82) is 0 Å². The summed E-state index contributed by atoms with van der Waals surface area (Å²) in [6.07, 6.45) is -9.12. The Balaban J connectivity index is 3.08. The monoisotopic (exact) mass is 308 g/mol. The van der Waals surface area contributed by atoms with Crippen LogP contribution < -0.4 is 4.74 Å². The highest BCUT2D eigenvalue weighted by Crippen LogP contribution is 2.28. The first kappa shape index (κ1) is 16.9. The minimum atomic E-state index is -5.00. The number of aliphatic hydroxyl groups excluding tert-OH is 2. The van der Waals surface area contributed by atoms with E-state index in [1.165, 1.54) is 0 Å². The lowest BCUT2D eigenvalue weighted by Crippen LogP contribution is -2.22. The Morgan fingerprint density at radius 2 is 1.90 bits per heavy atom. The molecule has 0 bridgehead atoms. The number of hydrogen-bond acceptors (Lipinski definition) is 5. The Kier molecular flexibility index (Phi) is 5.28. The largest absolute Gasteiger partial charge is 0.573 e. The molecule has 0 radical (unpaired) electrons. The molecule has 6 nitrogen and oxygen atoms in total. The van der Waals surface area contributed by atoms with Crippen molar-refractivity contribution in [1.82, 2.24) is 0 Å². The first-order chi connectivity index (χ1) is 9.62. The van der Waals surface area contributed by atoms with Crippen LogP contribution in [-0.4, -0.2) is 40.0 Å². The summed E-state index contributed by atoms with van der Waals surface area (Å²) in [5.74, 6) is -2.16. The number of carbonyl (C=O) groups is 2. The average Bonchev–Trinajstić information content (AvgIpc) is 2.34. The number of halogens is 3. The highest BCUT2D eigenvalue weighted by molar-refractivity contribution is 5.76. The van der Waals surface area contributed by atoms with E-state index in [-0.39, 0.29) is 17.4 Å². The summed E-state index contributed by atoms with van der Waals surface area (Å²) >= 11 is 0. The normalized spacial score (nSPS) is 14.3. The van der Waals surface area contributed by atoms with Crippen LogP contribution >= 0.6 is 0 Å². The second-order valence-corrected chi connectivity index (χ2v) is 4.11. The fourth-order valence-corrected chi connectivity index (χ4v) is 1.59. The van der Waals surface area contributed by atoms with Gasteiger partial charge in [-0.1, -0.05) is 0 Å². The van der Waals surface area contributed by atoms with Gasteiger partial charge in [0.15, 0.2) is 0 Å². The Morgan fingerprint density at radius 3 is 2.38 bits per heavy atom. The third kappa shape index (κ3) is 5.40. The summed E-state index contributed by atoms with van der Waals surface area (Å²) in [4.78, 5) is 21.1. The third-order valence-corrected chi connectivity index (χ3v) is 2.41. The quantitative estimate of drug-likeness (QED) is 0.684. The smallest absolute Gasteiger partial charge is 0.481 e. The van der Waals surface area contributed by atoms with E-state index in [9.17, 15) is 33.0 Å². The van der Waals surface area contributed by atoms with Crippen molar-refractivity contribution in [2.75, 3.05) is 0 Å². The van der Waals surface area contributed by atoms with E-state index in [0.717, 1.165) is 18.2 Å². The molecule has 0 amide bonds. The van der Waals surface area contributed by atoms with Gasteiger partial charge < -0.3 is 20.1 Å². The van der Waals surface area contributed by atoms with E-state index >= 15 is 0 Å². The van der Waals surface area contributed by atoms with Crippen LogP contribution in [0.4, 0.5) is 13.2 Å². The van der Waals surface area contributed by atoms with Crippen molar-refractivity contribution in [3.05, 3.63) is 29.3 Å². The number of carboxylic acids is 1. The van der Waals surface area contributed by atoms with E-state index in [2.05, 4.69) is 4.74 Å². The lowest BCUT2D eigenvalue weighted by atomic mass is 10.00. The second-order valence-electron chi connectivity index (χ2n) is 4.11. The molecule has 2 atom stereocenters. The maximum absolute atomic E-state index is 12.1. The molecular weight excluding hydrogens is 297 g/mol. The molecule has 0 aliphatic carbocycles. The van der Waals surface area contributed by atoms with Crippen molar-refractivity contribution in [3.8, 4) is 5.75 Å². The first-order valence-corrected chi connectivity index (χ1v) is 5.56. The molecule has 21 heavy (non-hydrogen) atoms.